The molecule has 0 aromatic carbocycles. The summed E-state index contributed by atoms with van der Waals surface area (Å²) in [5.74, 6) is -0.924. The van der Waals surface area contributed by atoms with E-state index in [-0.39, 0.29) is 49.2 Å². The van der Waals surface area contributed by atoms with Crippen LogP contribution in [0.1, 0.15) is 96.3 Å². The third-order valence-corrected chi connectivity index (χ3v) is 9.52. The first-order valence-electron chi connectivity index (χ1n) is 15.2. The third kappa shape index (κ3) is 10.7. The lowest BCUT2D eigenvalue weighted by Gasteiger charge is -2.39. The standard InChI is InChI=1S/C29H53N3O6/c30-24-11-9-21(10-12-24)17-25(32(20-29(37)38)16-14-23-6-2-4-8-27(23)34)18-31(19-28(35)36)15-13-22-5-1-3-7-26(22)33/h21-27,33-34H,1-20,30H2,(H,35,36)(H,37,38). The van der Waals surface area contributed by atoms with E-state index < -0.39 is 11.9 Å². The molecule has 3 rings (SSSR count). The molecule has 5 atom stereocenters. The van der Waals surface area contributed by atoms with E-state index in [0.717, 1.165) is 96.3 Å². The van der Waals surface area contributed by atoms with Crippen molar-refractivity contribution >= 4 is 11.9 Å². The van der Waals surface area contributed by atoms with Crippen molar-refractivity contribution in [2.45, 2.75) is 121 Å². The largest absolute Gasteiger partial charge is 0.480 e. The van der Waals surface area contributed by atoms with Crippen molar-refractivity contribution in [2.75, 3.05) is 32.7 Å². The van der Waals surface area contributed by atoms with Crippen LogP contribution in [0.15, 0.2) is 0 Å². The summed E-state index contributed by atoms with van der Waals surface area (Å²) in [6.07, 6.45) is 13.6. The minimum absolute atomic E-state index is 0.0814. The highest BCUT2D eigenvalue weighted by Gasteiger charge is 2.31. The molecule has 0 amide bonds. The lowest BCUT2D eigenvalue weighted by molar-refractivity contribution is -0.141. The molecule has 0 spiro atoms. The molecule has 220 valence electrons. The highest BCUT2D eigenvalue weighted by molar-refractivity contribution is 5.69. The number of carboxylic acids is 2. The Balaban J connectivity index is 1.72. The molecule has 3 aliphatic rings. The zero-order chi connectivity index (χ0) is 27.5. The summed E-state index contributed by atoms with van der Waals surface area (Å²) in [7, 11) is 0. The summed E-state index contributed by atoms with van der Waals surface area (Å²) in [5.41, 5.74) is 6.15. The Morgan fingerprint density at radius 2 is 1.26 bits per heavy atom. The highest BCUT2D eigenvalue weighted by atomic mass is 16.4. The Kier molecular flexibility index (Phi) is 13.3. The fourth-order valence-electron chi connectivity index (χ4n) is 7.17. The van der Waals surface area contributed by atoms with Gasteiger partial charge < -0.3 is 26.2 Å². The topological polar surface area (TPSA) is 148 Å². The summed E-state index contributed by atoms with van der Waals surface area (Å²) in [4.78, 5) is 27.8. The van der Waals surface area contributed by atoms with Gasteiger partial charge >= 0.3 is 11.9 Å². The second kappa shape index (κ2) is 16.1. The molecular weight excluding hydrogens is 486 g/mol. The normalized spacial score (nSPS) is 31.4. The first kappa shape index (κ1) is 31.3. The number of nitrogens with two attached hydrogens (primary N) is 1. The fraction of sp³-hybridized carbons (Fsp3) is 0.931. The first-order valence-corrected chi connectivity index (χ1v) is 15.2. The van der Waals surface area contributed by atoms with Crippen LogP contribution in [-0.2, 0) is 9.59 Å². The Morgan fingerprint density at radius 1 is 0.737 bits per heavy atom. The molecule has 0 radical (unpaired) electrons. The number of aliphatic carboxylic acids is 2. The predicted molar refractivity (Wildman–Crippen MR) is 147 cm³/mol. The SMILES string of the molecule is NC1CCC(CC(CN(CCC2CCCCC2O)CC(=O)O)N(CCC2CCCCC2O)CC(=O)O)CC1. The van der Waals surface area contributed by atoms with Gasteiger partial charge in [0.25, 0.3) is 0 Å². The maximum Gasteiger partial charge on any atom is 0.317 e. The molecule has 0 heterocycles. The van der Waals surface area contributed by atoms with Crippen molar-refractivity contribution in [1.82, 2.24) is 9.80 Å². The van der Waals surface area contributed by atoms with Gasteiger partial charge in [-0.2, -0.15) is 0 Å². The number of hydrogen-bond acceptors (Lipinski definition) is 7. The van der Waals surface area contributed by atoms with Gasteiger partial charge in [0.2, 0.25) is 0 Å². The van der Waals surface area contributed by atoms with Crippen LogP contribution >= 0.6 is 0 Å². The van der Waals surface area contributed by atoms with E-state index >= 15 is 0 Å². The number of carbonyl (C=O) groups is 2. The maximum absolute atomic E-state index is 12.0. The number of aliphatic hydroxyl groups is 2. The summed E-state index contributed by atoms with van der Waals surface area (Å²) in [6, 6.07) is 0.153. The monoisotopic (exact) mass is 539 g/mol. The highest BCUT2D eigenvalue weighted by Crippen LogP contribution is 2.31. The Hall–Kier alpha value is -1.26. The zero-order valence-corrected chi connectivity index (χ0v) is 23.3. The molecule has 9 nitrogen and oxygen atoms in total. The average Bonchev–Trinajstić information content (AvgIpc) is 2.87. The van der Waals surface area contributed by atoms with Crippen LogP contribution in [0.25, 0.3) is 0 Å². The van der Waals surface area contributed by atoms with Crippen LogP contribution < -0.4 is 5.73 Å². The number of carboxylic acid groups (broad SMARTS) is 2. The number of aliphatic hydroxyl groups excluding tert-OH is 2. The van der Waals surface area contributed by atoms with E-state index in [2.05, 4.69) is 0 Å². The van der Waals surface area contributed by atoms with Crippen LogP contribution in [0, 0.1) is 17.8 Å². The quantitative estimate of drug-likeness (QED) is 0.212. The van der Waals surface area contributed by atoms with Crippen LogP contribution in [0.4, 0.5) is 0 Å². The van der Waals surface area contributed by atoms with Crippen LogP contribution in [0.3, 0.4) is 0 Å². The van der Waals surface area contributed by atoms with E-state index in [1.54, 1.807) is 0 Å². The van der Waals surface area contributed by atoms with Crippen LogP contribution in [0.5, 0.6) is 0 Å². The van der Waals surface area contributed by atoms with Gasteiger partial charge in [-0.05, 0) is 101 Å². The summed E-state index contributed by atoms with van der Waals surface area (Å²) < 4.78 is 0. The molecule has 5 unspecified atom stereocenters. The summed E-state index contributed by atoms with van der Waals surface area (Å²) in [5, 5.41) is 40.4. The minimum Gasteiger partial charge on any atom is -0.480 e. The molecule has 6 N–H and O–H groups in total. The van der Waals surface area contributed by atoms with Crippen molar-refractivity contribution in [3.8, 4) is 0 Å². The predicted octanol–water partition coefficient (Wildman–Crippen LogP) is 2.92. The third-order valence-electron chi connectivity index (χ3n) is 9.52. The molecule has 9 heteroatoms. The van der Waals surface area contributed by atoms with Crippen LogP contribution in [0.2, 0.25) is 0 Å². The van der Waals surface area contributed by atoms with Gasteiger partial charge in [0.15, 0.2) is 0 Å². The fourth-order valence-corrected chi connectivity index (χ4v) is 7.17. The first-order chi connectivity index (χ1) is 18.2. The lowest BCUT2D eigenvalue weighted by atomic mass is 9.81. The van der Waals surface area contributed by atoms with Gasteiger partial charge in [-0.1, -0.05) is 25.7 Å². The van der Waals surface area contributed by atoms with E-state index in [4.69, 9.17) is 5.73 Å². The number of rotatable bonds is 15. The van der Waals surface area contributed by atoms with E-state index in [0.29, 0.717) is 25.6 Å². The molecule has 0 saturated heterocycles. The van der Waals surface area contributed by atoms with Gasteiger partial charge in [0.1, 0.15) is 0 Å². The van der Waals surface area contributed by atoms with Gasteiger partial charge in [0.05, 0.1) is 25.3 Å². The molecule has 3 saturated carbocycles. The Morgan fingerprint density at radius 3 is 1.79 bits per heavy atom. The van der Waals surface area contributed by atoms with Crippen molar-refractivity contribution in [3.05, 3.63) is 0 Å². The zero-order valence-electron chi connectivity index (χ0n) is 23.3. The van der Waals surface area contributed by atoms with E-state index in [9.17, 15) is 30.0 Å². The number of hydrogen-bond donors (Lipinski definition) is 5. The van der Waals surface area contributed by atoms with Crippen molar-refractivity contribution in [1.29, 1.82) is 0 Å². The second-order valence-electron chi connectivity index (χ2n) is 12.5. The van der Waals surface area contributed by atoms with E-state index in [1.165, 1.54) is 0 Å². The minimum atomic E-state index is -0.883. The van der Waals surface area contributed by atoms with Gasteiger partial charge in [-0.15, -0.1) is 0 Å². The van der Waals surface area contributed by atoms with Crippen molar-refractivity contribution in [3.63, 3.8) is 0 Å². The van der Waals surface area contributed by atoms with Gasteiger partial charge in [-0.3, -0.25) is 19.4 Å². The van der Waals surface area contributed by atoms with E-state index in [1.807, 2.05) is 9.80 Å². The second-order valence-corrected chi connectivity index (χ2v) is 12.5. The lowest BCUT2D eigenvalue weighted by Crippen LogP contribution is -2.49. The summed E-state index contributed by atoms with van der Waals surface area (Å²) >= 11 is 0. The van der Waals surface area contributed by atoms with Crippen LogP contribution in [-0.4, -0.2) is 99.2 Å². The Labute approximate surface area is 228 Å². The average molecular weight is 540 g/mol. The summed E-state index contributed by atoms with van der Waals surface area (Å²) in [6.45, 7) is 1.51. The van der Waals surface area contributed by atoms with Gasteiger partial charge in [0, 0.05) is 18.6 Å². The molecule has 0 bridgehead atoms. The smallest absolute Gasteiger partial charge is 0.317 e. The number of nitrogens with zero attached hydrogens (tertiary/aromatic N) is 2. The van der Waals surface area contributed by atoms with Crippen molar-refractivity contribution < 1.29 is 30.0 Å². The maximum atomic E-state index is 12.0. The molecule has 0 aromatic heterocycles. The van der Waals surface area contributed by atoms with Crippen molar-refractivity contribution in [2.24, 2.45) is 23.5 Å². The molecule has 0 aliphatic heterocycles. The molecule has 38 heavy (non-hydrogen) atoms. The molecule has 3 fully saturated rings. The molecule has 3 aliphatic carbocycles. The molecule has 0 aromatic rings. The van der Waals surface area contributed by atoms with Gasteiger partial charge in [-0.25, -0.2) is 0 Å². The Bertz CT molecular complexity index is 716. The molecular formula is C29H53N3O6.